The molecule has 23 heavy (non-hydrogen) atoms. The van der Waals surface area contributed by atoms with E-state index in [1.54, 1.807) is 19.1 Å². The number of hydrogen-bond acceptors (Lipinski definition) is 1. The molecule has 0 saturated heterocycles. The fourth-order valence-electron chi connectivity index (χ4n) is 1.30. The van der Waals surface area contributed by atoms with E-state index >= 15 is 0 Å². The number of carboxylic acid groups (broad SMARTS) is 1. The molecule has 0 aliphatic heterocycles. The van der Waals surface area contributed by atoms with Gasteiger partial charge in [-0.25, -0.2) is 4.79 Å². The van der Waals surface area contributed by atoms with Crippen LogP contribution in [0.4, 0.5) is 0 Å². The molecular formula is C21H30O2. The van der Waals surface area contributed by atoms with E-state index in [1.807, 2.05) is 64.1 Å². The van der Waals surface area contributed by atoms with Crippen molar-refractivity contribution in [3.8, 4) is 0 Å². The van der Waals surface area contributed by atoms with Gasteiger partial charge in [-0.1, -0.05) is 94.6 Å². The summed E-state index contributed by atoms with van der Waals surface area (Å²) in [6.45, 7) is 20.1. The largest absolute Gasteiger partial charge is 0.478 e. The van der Waals surface area contributed by atoms with Crippen molar-refractivity contribution < 1.29 is 9.90 Å². The van der Waals surface area contributed by atoms with Gasteiger partial charge in [-0.2, -0.15) is 0 Å². The van der Waals surface area contributed by atoms with Crippen molar-refractivity contribution in [1.82, 2.24) is 0 Å². The maximum Gasteiger partial charge on any atom is 0.330 e. The first kappa shape index (κ1) is 22.9. The first-order valence-electron chi connectivity index (χ1n) is 7.41. The molecule has 1 rings (SSSR count). The Morgan fingerprint density at radius 1 is 1.09 bits per heavy atom. The quantitative estimate of drug-likeness (QED) is 0.537. The van der Waals surface area contributed by atoms with E-state index in [-0.39, 0.29) is 5.41 Å². The van der Waals surface area contributed by atoms with E-state index in [2.05, 4.69) is 19.7 Å². The third-order valence-corrected chi connectivity index (χ3v) is 2.37. The van der Waals surface area contributed by atoms with Gasteiger partial charge in [0.25, 0.3) is 0 Å². The second kappa shape index (κ2) is 12.2. The smallest absolute Gasteiger partial charge is 0.330 e. The summed E-state index contributed by atoms with van der Waals surface area (Å²) in [5.41, 5.74) is 2.56. The van der Waals surface area contributed by atoms with Crippen molar-refractivity contribution in [1.29, 1.82) is 0 Å². The van der Waals surface area contributed by atoms with Gasteiger partial charge in [-0.15, -0.1) is 0 Å². The van der Waals surface area contributed by atoms with Gasteiger partial charge in [-0.05, 0) is 24.8 Å². The molecule has 0 unspecified atom stereocenters. The van der Waals surface area contributed by atoms with Crippen LogP contribution in [-0.4, -0.2) is 11.1 Å². The predicted octanol–water partition coefficient (Wildman–Crippen LogP) is 6.14. The zero-order chi connectivity index (χ0) is 18.5. The summed E-state index contributed by atoms with van der Waals surface area (Å²) in [7, 11) is 0. The molecule has 1 N–H and O–H groups in total. The van der Waals surface area contributed by atoms with Crippen LogP contribution in [0.15, 0.2) is 73.4 Å². The van der Waals surface area contributed by atoms with Crippen molar-refractivity contribution in [2.24, 2.45) is 5.41 Å². The minimum absolute atomic E-state index is 0.0392. The Labute approximate surface area is 141 Å². The minimum Gasteiger partial charge on any atom is -0.478 e. The number of aliphatic carboxylic acids is 1. The van der Waals surface area contributed by atoms with Gasteiger partial charge < -0.3 is 5.11 Å². The zero-order valence-electron chi connectivity index (χ0n) is 15.1. The molecular weight excluding hydrogens is 284 g/mol. The fraction of sp³-hybridized carbons (Fsp3) is 0.286. The Kier molecular flexibility index (Phi) is 12.2. The second-order valence-electron chi connectivity index (χ2n) is 6.16. The van der Waals surface area contributed by atoms with Gasteiger partial charge in [-0.3, -0.25) is 0 Å². The molecule has 126 valence electrons. The van der Waals surface area contributed by atoms with Crippen LogP contribution in [0.5, 0.6) is 0 Å². The number of hydrogen-bond donors (Lipinski definition) is 1. The summed E-state index contributed by atoms with van der Waals surface area (Å²) < 4.78 is 0. The maximum atomic E-state index is 10.3. The molecule has 0 bridgehead atoms. The van der Waals surface area contributed by atoms with Gasteiger partial charge in [0.05, 0.1) is 0 Å². The number of rotatable bonds is 3. The van der Waals surface area contributed by atoms with E-state index in [0.29, 0.717) is 5.57 Å². The van der Waals surface area contributed by atoms with Gasteiger partial charge in [0.15, 0.2) is 0 Å². The first-order chi connectivity index (χ1) is 10.5. The number of carbonyl (C=O) groups is 1. The van der Waals surface area contributed by atoms with E-state index in [1.165, 1.54) is 5.56 Å². The summed E-state index contributed by atoms with van der Waals surface area (Å²) in [5.74, 6) is -0.838. The third kappa shape index (κ3) is 17.6. The van der Waals surface area contributed by atoms with E-state index < -0.39 is 5.97 Å². The topological polar surface area (TPSA) is 37.3 Å². The number of allylic oxidation sites excluding steroid dienone is 3. The molecule has 0 aliphatic carbocycles. The molecule has 0 heterocycles. The van der Waals surface area contributed by atoms with Crippen LogP contribution in [0.3, 0.4) is 0 Å². The van der Waals surface area contributed by atoms with Crippen molar-refractivity contribution in [2.75, 3.05) is 0 Å². The van der Waals surface area contributed by atoms with Crippen molar-refractivity contribution >= 4 is 12.0 Å². The summed E-state index contributed by atoms with van der Waals surface area (Å²) in [6, 6.07) is 10.0. The third-order valence-electron chi connectivity index (χ3n) is 2.37. The lowest BCUT2D eigenvalue weighted by Gasteiger charge is -2.11. The molecule has 0 radical (unpaired) electrons. The Bertz CT molecular complexity index is 529. The van der Waals surface area contributed by atoms with Gasteiger partial charge in [0.1, 0.15) is 0 Å². The van der Waals surface area contributed by atoms with Crippen LogP contribution in [0.1, 0.15) is 40.2 Å². The number of benzene rings is 1. The molecule has 0 amide bonds. The van der Waals surface area contributed by atoms with Crippen LogP contribution in [0.2, 0.25) is 0 Å². The molecule has 0 aromatic heterocycles. The Morgan fingerprint density at radius 3 is 1.70 bits per heavy atom. The van der Waals surface area contributed by atoms with Crippen LogP contribution < -0.4 is 0 Å². The molecule has 2 heteroatoms. The average molecular weight is 314 g/mol. The van der Waals surface area contributed by atoms with Crippen LogP contribution in [0.25, 0.3) is 6.08 Å². The highest BCUT2D eigenvalue weighted by atomic mass is 16.4. The fourth-order valence-corrected chi connectivity index (χ4v) is 1.30. The highest BCUT2D eigenvalue weighted by Crippen LogP contribution is 2.17. The van der Waals surface area contributed by atoms with Gasteiger partial charge >= 0.3 is 5.97 Å². The highest BCUT2D eigenvalue weighted by molar-refractivity contribution is 5.85. The molecule has 0 saturated carbocycles. The Hall–Kier alpha value is -2.35. The second-order valence-corrected chi connectivity index (χ2v) is 6.16. The lowest BCUT2D eigenvalue weighted by atomic mass is 9.94. The molecule has 0 spiro atoms. The number of carboxylic acids is 1. The summed E-state index contributed by atoms with van der Waals surface area (Å²) in [4.78, 5) is 10.3. The Balaban J connectivity index is 0. The van der Waals surface area contributed by atoms with Crippen molar-refractivity contribution in [2.45, 2.75) is 34.6 Å². The van der Waals surface area contributed by atoms with E-state index in [4.69, 9.17) is 5.11 Å². The molecule has 2 nitrogen and oxygen atoms in total. The maximum absolute atomic E-state index is 10.3. The molecule has 0 fully saturated rings. The molecule has 1 aromatic carbocycles. The van der Waals surface area contributed by atoms with Crippen LogP contribution in [0, 0.1) is 5.41 Å². The first-order valence-corrected chi connectivity index (χ1v) is 7.41. The Morgan fingerprint density at radius 2 is 1.52 bits per heavy atom. The molecule has 1 aromatic rings. The minimum atomic E-state index is -0.838. The van der Waals surface area contributed by atoms with Crippen molar-refractivity contribution in [3.63, 3.8) is 0 Å². The SMILES string of the molecule is C=CC(=C)C.C=Cc1ccccc1.CC(=CC(C)(C)C)C(=O)O. The van der Waals surface area contributed by atoms with Gasteiger partial charge in [0, 0.05) is 5.57 Å². The van der Waals surface area contributed by atoms with E-state index in [9.17, 15) is 4.79 Å². The summed E-state index contributed by atoms with van der Waals surface area (Å²) in [5, 5.41) is 8.48. The molecule has 0 atom stereocenters. The summed E-state index contributed by atoms with van der Waals surface area (Å²) >= 11 is 0. The van der Waals surface area contributed by atoms with Crippen molar-refractivity contribution in [3.05, 3.63) is 78.9 Å². The standard InChI is InChI=1S/C8H14O2.C8H8.C5H8/c1-6(7(9)10)5-8(2,3)4;1-2-8-6-4-3-5-7-8;1-4-5(2)3/h5H,1-4H3,(H,9,10);2-7H,1H2;4H,1-2H2,3H3. The van der Waals surface area contributed by atoms with E-state index in [0.717, 1.165) is 5.57 Å². The lowest BCUT2D eigenvalue weighted by Crippen LogP contribution is -2.05. The predicted molar refractivity (Wildman–Crippen MR) is 102 cm³/mol. The van der Waals surface area contributed by atoms with Crippen LogP contribution >= 0.6 is 0 Å². The normalized spacial score (nSPS) is 10.2. The lowest BCUT2D eigenvalue weighted by molar-refractivity contribution is -0.132. The zero-order valence-corrected chi connectivity index (χ0v) is 15.1. The van der Waals surface area contributed by atoms with Crippen LogP contribution in [-0.2, 0) is 4.79 Å². The molecule has 0 aliphatic rings. The highest BCUT2D eigenvalue weighted by Gasteiger charge is 2.09. The van der Waals surface area contributed by atoms with Gasteiger partial charge in [0.2, 0.25) is 0 Å². The average Bonchev–Trinajstić information content (AvgIpc) is 2.47. The monoisotopic (exact) mass is 314 g/mol. The summed E-state index contributed by atoms with van der Waals surface area (Å²) in [6.07, 6.45) is 5.30.